The van der Waals surface area contributed by atoms with Gasteiger partial charge < -0.3 is 5.32 Å². The van der Waals surface area contributed by atoms with Gasteiger partial charge in [0.15, 0.2) is 16.6 Å². The zero-order valence-electron chi connectivity index (χ0n) is 12.4. The number of nitrogens with one attached hydrogen (secondary N) is 3. The molecule has 0 bridgehead atoms. The fourth-order valence-electron chi connectivity index (χ4n) is 2.04. The third kappa shape index (κ3) is 3.22. The minimum absolute atomic E-state index is 0.135. The molecule has 0 unspecified atom stereocenters. The lowest BCUT2D eigenvalue weighted by molar-refractivity contribution is 0.768. The van der Waals surface area contributed by atoms with Gasteiger partial charge in [-0.1, -0.05) is 0 Å². The Morgan fingerprint density at radius 2 is 2.09 bits per heavy atom. The molecule has 0 spiro atoms. The third-order valence-electron chi connectivity index (χ3n) is 3.04. The first kappa shape index (κ1) is 15.6. The van der Waals surface area contributed by atoms with Crippen molar-refractivity contribution >= 4 is 44.5 Å². The van der Waals surface area contributed by atoms with Crippen molar-refractivity contribution in [1.82, 2.24) is 24.1 Å². The zero-order valence-corrected chi connectivity index (χ0v) is 14.1. The molecule has 3 aromatic heterocycles. The van der Waals surface area contributed by atoms with E-state index in [1.807, 2.05) is 23.8 Å². The molecule has 23 heavy (non-hydrogen) atoms. The number of imidazole rings is 1. The van der Waals surface area contributed by atoms with Gasteiger partial charge in [-0.2, -0.15) is 5.10 Å². The maximum absolute atomic E-state index is 7.92. The molecule has 0 atom stereocenters. The standard InChI is InChI=1S/C13H14N8S2/c1-20-7-8(5-18-20)9-6-17-11-10(16-3-4-21(9)11)19-12(14)23-13(15)22-2/h3-7,15H,1-2H3,(H2,14,16,19). The Kier molecular flexibility index (Phi) is 4.35. The largest absolute Gasteiger partial charge is 0.316 e. The highest BCUT2D eigenvalue weighted by molar-refractivity contribution is 8.44. The molecule has 10 heteroatoms. The highest BCUT2D eigenvalue weighted by Crippen LogP contribution is 2.23. The van der Waals surface area contributed by atoms with E-state index in [0.29, 0.717) is 15.8 Å². The van der Waals surface area contributed by atoms with Crippen LogP contribution in [0.5, 0.6) is 0 Å². The van der Waals surface area contributed by atoms with Crippen LogP contribution in [-0.4, -0.2) is 39.9 Å². The zero-order chi connectivity index (χ0) is 16.4. The van der Waals surface area contributed by atoms with E-state index in [1.54, 1.807) is 29.5 Å². The molecule has 0 radical (unpaired) electrons. The third-order valence-corrected chi connectivity index (χ3v) is 4.65. The second kappa shape index (κ2) is 6.42. The number of fused-ring (bicyclic) bond motifs is 1. The summed E-state index contributed by atoms with van der Waals surface area (Å²) in [5.41, 5.74) is 2.47. The van der Waals surface area contributed by atoms with Crippen molar-refractivity contribution in [3.05, 3.63) is 31.0 Å². The van der Waals surface area contributed by atoms with Crippen LogP contribution in [0.1, 0.15) is 0 Å². The Bertz CT molecular complexity index is 881. The molecule has 3 heterocycles. The normalized spacial score (nSPS) is 10.9. The number of hydrogen-bond acceptors (Lipinski definition) is 7. The van der Waals surface area contributed by atoms with E-state index >= 15 is 0 Å². The SMILES string of the molecule is CSC(=N)SC(=N)Nc1nccn2c(-c3cnn(C)c3)cnc12. The number of thioether (sulfide) groups is 2. The van der Waals surface area contributed by atoms with Gasteiger partial charge in [0.2, 0.25) is 0 Å². The van der Waals surface area contributed by atoms with Crippen LogP contribution in [-0.2, 0) is 7.05 Å². The Morgan fingerprint density at radius 1 is 1.26 bits per heavy atom. The van der Waals surface area contributed by atoms with Crippen molar-refractivity contribution < 1.29 is 0 Å². The first-order chi connectivity index (χ1) is 11.1. The van der Waals surface area contributed by atoms with Crippen molar-refractivity contribution in [2.45, 2.75) is 0 Å². The Morgan fingerprint density at radius 3 is 2.78 bits per heavy atom. The van der Waals surface area contributed by atoms with Crippen molar-refractivity contribution in [1.29, 1.82) is 10.8 Å². The van der Waals surface area contributed by atoms with Crippen molar-refractivity contribution in [2.75, 3.05) is 11.6 Å². The van der Waals surface area contributed by atoms with Crippen LogP contribution < -0.4 is 5.32 Å². The number of rotatable bonds is 2. The number of hydrogen-bond donors (Lipinski definition) is 3. The average molecular weight is 346 g/mol. The number of anilines is 1. The fraction of sp³-hybridized carbons (Fsp3) is 0.154. The van der Waals surface area contributed by atoms with Crippen molar-refractivity contribution in [2.24, 2.45) is 7.05 Å². The molecule has 118 valence electrons. The van der Waals surface area contributed by atoms with E-state index in [1.165, 1.54) is 11.8 Å². The molecule has 8 nitrogen and oxygen atoms in total. The lowest BCUT2D eigenvalue weighted by Crippen LogP contribution is -2.10. The van der Waals surface area contributed by atoms with Crippen LogP contribution in [0.3, 0.4) is 0 Å². The first-order valence-corrected chi connectivity index (χ1v) is 8.59. The van der Waals surface area contributed by atoms with E-state index in [-0.39, 0.29) is 5.17 Å². The van der Waals surface area contributed by atoms with Gasteiger partial charge in [-0.05, 0) is 18.0 Å². The van der Waals surface area contributed by atoms with Crippen LogP contribution in [0.25, 0.3) is 16.9 Å². The number of aromatic nitrogens is 5. The maximum atomic E-state index is 7.92. The van der Waals surface area contributed by atoms with Gasteiger partial charge in [0, 0.05) is 31.2 Å². The van der Waals surface area contributed by atoms with Crippen molar-refractivity contribution in [3.8, 4) is 11.3 Å². The highest BCUT2D eigenvalue weighted by Gasteiger charge is 2.13. The summed E-state index contributed by atoms with van der Waals surface area (Å²) in [6, 6.07) is 0. The predicted molar refractivity (Wildman–Crippen MR) is 95.4 cm³/mol. The summed E-state index contributed by atoms with van der Waals surface area (Å²) in [6.07, 6.45) is 10.7. The van der Waals surface area contributed by atoms with Crippen LogP contribution in [0, 0.1) is 10.8 Å². The Balaban J connectivity index is 1.93. The van der Waals surface area contributed by atoms with Gasteiger partial charge >= 0.3 is 0 Å². The molecule has 0 aliphatic carbocycles. The smallest absolute Gasteiger partial charge is 0.180 e. The quantitative estimate of drug-likeness (QED) is 0.486. The predicted octanol–water partition coefficient (Wildman–Crippen LogP) is 2.51. The maximum Gasteiger partial charge on any atom is 0.180 e. The van der Waals surface area contributed by atoms with Gasteiger partial charge in [0.25, 0.3) is 0 Å². The van der Waals surface area contributed by atoms with E-state index in [9.17, 15) is 0 Å². The molecule has 3 aromatic rings. The molecule has 0 amide bonds. The molecule has 0 aromatic carbocycles. The molecule has 0 fully saturated rings. The van der Waals surface area contributed by atoms with E-state index in [0.717, 1.165) is 23.0 Å². The topological polar surface area (TPSA) is 108 Å². The van der Waals surface area contributed by atoms with Gasteiger partial charge in [0.1, 0.15) is 4.38 Å². The molecule has 3 rings (SSSR count). The number of aryl methyl sites for hydroxylation is 1. The summed E-state index contributed by atoms with van der Waals surface area (Å²) in [5.74, 6) is 0.481. The van der Waals surface area contributed by atoms with Gasteiger partial charge in [0.05, 0.1) is 18.1 Å². The molecular weight excluding hydrogens is 332 g/mol. The van der Waals surface area contributed by atoms with E-state index < -0.39 is 0 Å². The van der Waals surface area contributed by atoms with E-state index in [2.05, 4.69) is 20.4 Å². The monoisotopic (exact) mass is 346 g/mol. The fourth-order valence-corrected chi connectivity index (χ4v) is 2.96. The summed E-state index contributed by atoms with van der Waals surface area (Å²) in [4.78, 5) is 8.64. The first-order valence-electron chi connectivity index (χ1n) is 6.55. The lowest BCUT2D eigenvalue weighted by atomic mass is 10.3. The summed E-state index contributed by atoms with van der Waals surface area (Å²) in [6.45, 7) is 0. The minimum Gasteiger partial charge on any atom is -0.316 e. The number of nitrogens with zero attached hydrogens (tertiary/aromatic N) is 5. The summed E-state index contributed by atoms with van der Waals surface area (Å²) in [7, 11) is 1.86. The second-order valence-corrected chi connectivity index (χ2v) is 6.66. The molecular formula is C13H14N8S2. The van der Waals surface area contributed by atoms with Gasteiger partial charge in [-0.25, -0.2) is 9.97 Å². The highest BCUT2D eigenvalue weighted by atomic mass is 32.2. The average Bonchev–Trinajstić information content (AvgIpc) is 3.13. The summed E-state index contributed by atoms with van der Waals surface area (Å²) < 4.78 is 3.97. The summed E-state index contributed by atoms with van der Waals surface area (Å²) in [5, 5.41) is 22.7. The van der Waals surface area contributed by atoms with Crippen LogP contribution in [0.4, 0.5) is 5.82 Å². The molecule has 0 saturated carbocycles. The van der Waals surface area contributed by atoms with Gasteiger partial charge in [-0.3, -0.25) is 19.9 Å². The van der Waals surface area contributed by atoms with Crippen LogP contribution in [0.15, 0.2) is 31.0 Å². The Labute approximate surface area is 140 Å². The number of amidine groups is 1. The molecule has 0 aliphatic rings. The second-order valence-electron chi connectivity index (χ2n) is 4.56. The minimum atomic E-state index is 0.135. The summed E-state index contributed by atoms with van der Waals surface area (Å²) >= 11 is 2.32. The lowest BCUT2D eigenvalue weighted by Gasteiger charge is -2.07. The van der Waals surface area contributed by atoms with Crippen LogP contribution >= 0.6 is 23.5 Å². The van der Waals surface area contributed by atoms with Gasteiger partial charge in [-0.15, -0.1) is 11.8 Å². The van der Waals surface area contributed by atoms with Crippen LogP contribution in [0.2, 0.25) is 0 Å². The Hall–Kier alpha value is -2.33. The molecule has 0 aliphatic heterocycles. The van der Waals surface area contributed by atoms with Crippen molar-refractivity contribution in [3.63, 3.8) is 0 Å². The van der Waals surface area contributed by atoms with E-state index in [4.69, 9.17) is 10.8 Å². The molecule has 3 N–H and O–H groups in total. The molecule has 0 saturated heterocycles.